The molecule has 0 N–H and O–H groups in total. The van der Waals surface area contributed by atoms with Crippen LogP contribution in [-0.4, -0.2) is 4.57 Å². The number of aromatic nitrogens is 1. The Morgan fingerprint density at radius 3 is 2.19 bits per heavy atom. The molecule has 2 unspecified atom stereocenters. The first-order valence-corrected chi connectivity index (χ1v) is 11.8. The predicted octanol–water partition coefficient (Wildman–Crippen LogP) is 6.94. The maximum atomic E-state index is 15.0. The van der Waals surface area contributed by atoms with Crippen LogP contribution in [0, 0.1) is 22.1 Å². The van der Waals surface area contributed by atoms with Gasteiger partial charge in [0.1, 0.15) is 11.9 Å². The molecule has 0 spiro atoms. The maximum absolute atomic E-state index is 15.0. The van der Waals surface area contributed by atoms with E-state index in [1.807, 2.05) is 48.5 Å². The second kappa shape index (κ2) is 11.1. The molecule has 0 fully saturated rings. The predicted molar refractivity (Wildman–Crippen MR) is 139 cm³/mol. The highest BCUT2D eigenvalue weighted by atomic mass is 35.5. The first-order chi connectivity index (χ1) is 17.4. The van der Waals surface area contributed by atoms with Crippen molar-refractivity contribution < 1.29 is 4.39 Å². The highest BCUT2D eigenvalue weighted by molar-refractivity contribution is 6.30. The summed E-state index contributed by atoms with van der Waals surface area (Å²) in [6.07, 6.45) is 2.15. The van der Waals surface area contributed by atoms with Crippen LogP contribution < -0.4 is 5.56 Å². The Morgan fingerprint density at radius 1 is 0.972 bits per heavy atom. The van der Waals surface area contributed by atoms with Crippen molar-refractivity contribution in [1.82, 2.24) is 4.57 Å². The lowest BCUT2D eigenvalue weighted by molar-refractivity contribution is 0.549. The van der Waals surface area contributed by atoms with Gasteiger partial charge in [-0.15, -0.1) is 0 Å². The van der Waals surface area contributed by atoms with E-state index in [-0.39, 0.29) is 17.0 Å². The van der Waals surface area contributed by atoms with Crippen LogP contribution in [-0.2, 0) is 13.5 Å². The summed E-state index contributed by atoms with van der Waals surface area (Å²) in [5.74, 6) is -0.941. The van der Waals surface area contributed by atoms with Gasteiger partial charge >= 0.3 is 0 Å². The molecule has 0 saturated carbocycles. The van der Waals surface area contributed by atoms with Crippen molar-refractivity contribution in [2.24, 2.45) is 12.2 Å². The van der Waals surface area contributed by atoms with E-state index in [1.54, 1.807) is 31.4 Å². The van der Waals surface area contributed by atoms with E-state index in [0.717, 1.165) is 22.3 Å². The Bertz CT molecular complexity index is 1470. The van der Waals surface area contributed by atoms with Crippen LogP contribution in [0.4, 0.5) is 4.39 Å². The van der Waals surface area contributed by atoms with E-state index < -0.39 is 17.8 Å². The lowest BCUT2D eigenvalue weighted by Crippen LogP contribution is -2.16. The fraction of sp³-hybridized carbons (Fsp3) is 0.172. The number of aryl methyl sites for hydroxylation is 1. The monoisotopic (exact) mass is 499 g/mol. The standard InChI is InChI=1S/C29H23ClFN3O2/c1-34-18-23(10-13-29(34)35)28(33-36)17-26(25-12-11-24(30)16-27(25)31)22-8-6-21(7-9-22)20-4-2-19(3-5-20)14-15-32/h2-13,16,18,26,28H,14,17H2,1H3. The molecule has 2 atom stereocenters. The fourth-order valence-corrected chi connectivity index (χ4v) is 4.48. The molecule has 180 valence electrons. The summed E-state index contributed by atoms with van der Waals surface area (Å²) < 4.78 is 16.4. The molecule has 0 aliphatic heterocycles. The van der Waals surface area contributed by atoms with Crippen molar-refractivity contribution >= 4 is 11.6 Å². The van der Waals surface area contributed by atoms with Gasteiger partial charge < -0.3 is 4.57 Å². The molecule has 5 nitrogen and oxygen atoms in total. The van der Waals surface area contributed by atoms with Crippen LogP contribution in [0.5, 0.6) is 0 Å². The van der Waals surface area contributed by atoms with Crippen molar-refractivity contribution in [1.29, 1.82) is 5.26 Å². The van der Waals surface area contributed by atoms with Crippen LogP contribution in [0.3, 0.4) is 0 Å². The van der Waals surface area contributed by atoms with Gasteiger partial charge in [-0.2, -0.15) is 10.2 Å². The van der Waals surface area contributed by atoms with E-state index in [1.165, 1.54) is 16.7 Å². The molecular weight excluding hydrogens is 477 g/mol. The van der Waals surface area contributed by atoms with Crippen molar-refractivity contribution in [3.8, 4) is 17.2 Å². The van der Waals surface area contributed by atoms with Gasteiger partial charge in [-0.3, -0.25) is 4.79 Å². The summed E-state index contributed by atoms with van der Waals surface area (Å²) in [5, 5.41) is 12.5. The largest absolute Gasteiger partial charge is 0.318 e. The minimum Gasteiger partial charge on any atom is -0.318 e. The summed E-state index contributed by atoms with van der Waals surface area (Å²) in [4.78, 5) is 23.7. The molecule has 0 aliphatic rings. The summed E-state index contributed by atoms with van der Waals surface area (Å²) >= 11 is 5.99. The first kappa shape index (κ1) is 25.0. The van der Waals surface area contributed by atoms with Crippen LogP contribution in [0.2, 0.25) is 5.02 Å². The van der Waals surface area contributed by atoms with Gasteiger partial charge in [0.25, 0.3) is 0 Å². The summed E-state index contributed by atoms with van der Waals surface area (Å²) in [7, 11) is 1.61. The molecule has 1 aromatic heterocycles. The molecule has 4 rings (SSSR count). The third-order valence-corrected chi connectivity index (χ3v) is 6.54. The van der Waals surface area contributed by atoms with E-state index in [9.17, 15) is 9.70 Å². The smallest absolute Gasteiger partial charge is 0.250 e. The molecular formula is C29H23ClFN3O2. The molecule has 4 aromatic rings. The van der Waals surface area contributed by atoms with E-state index >= 15 is 4.39 Å². The lowest BCUT2D eigenvalue weighted by Gasteiger charge is -2.22. The maximum Gasteiger partial charge on any atom is 0.250 e. The lowest BCUT2D eigenvalue weighted by atomic mass is 9.84. The van der Waals surface area contributed by atoms with Crippen molar-refractivity contribution in [2.75, 3.05) is 0 Å². The quantitative estimate of drug-likeness (QED) is 0.246. The van der Waals surface area contributed by atoms with Crippen molar-refractivity contribution in [3.63, 3.8) is 0 Å². The highest BCUT2D eigenvalue weighted by Crippen LogP contribution is 2.38. The number of benzene rings is 3. The van der Waals surface area contributed by atoms with E-state index in [2.05, 4.69) is 11.2 Å². The van der Waals surface area contributed by atoms with Crippen LogP contribution in [0.25, 0.3) is 11.1 Å². The second-order valence-corrected chi connectivity index (χ2v) is 9.08. The minimum absolute atomic E-state index is 0.195. The van der Waals surface area contributed by atoms with Gasteiger partial charge in [0, 0.05) is 30.3 Å². The molecule has 0 saturated heterocycles. The fourth-order valence-electron chi connectivity index (χ4n) is 4.32. The van der Waals surface area contributed by atoms with Crippen LogP contribution in [0.1, 0.15) is 40.6 Å². The minimum atomic E-state index is -0.788. The number of pyridine rings is 1. The zero-order valence-corrected chi connectivity index (χ0v) is 20.3. The van der Waals surface area contributed by atoms with Gasteiger partial charge in [0.15, 0.2) is 0 Å². The number of rotatable bonds is 8. The summed E-state index contributed by atoms with van der Waals surface area (Å²) in [5.41, 5.74) is 4.53. The van der Waals surface area contributed by atoms with Gasteiger partial charge in [-0.25, -0.2) is 4.39 Å². The third kappa shape index (κ3) is 5.59. The van der Waals surface area contributed by atoms with Crippen molar-refractivity contribution in [3.05, 3.63) is 133 Å². The number of hydrogen-bond donors (Lipinski definition) is 0. The number of hydrogen-bond acceptors (Lipinski definition) is 4. The molecule has 3 aromatic carbocycles. The number of nitroso groups, excluding NO2 is 1. The molecule has 0 aliphatic carbocycles. The Balaban J connectivity index is 1.70. The Labute approximate surface area is 213 Å². The Kier molecular flexibility index (Phi) is 7.72. The van der Waals surface area contributed by atoms with Gasteiger partial charge in [-0.1, -0.05) is 71.4 Å². The summed E-state index contributed by atoms with van der Waals surface area (Å²) in [6, 6.07) is 24.3. The van der Waals surface area contributed by atoms with Gasteiger partial charge in [0.05, 0.1) is 12.5 Å². The molecule has 1 heterocycles. The topological polar surface area (TPSA) is 75.2 Å². The number of nitrogens with zero attached hydrogens (tertiary/aromatic N) is 3. The van der Waals surface area contributed by atoms with Crippen molar-refractivity contribution in [2.45, 2.75) is 24.8 Å². The normalized spacial score (nSPS) is 12.5. The second-order valence-electron chi connectivity index (χ2n) is 8.64. The van der Waals surface area contributed by atoms with Gasteiger partial charge in [-0.05, 0) is 58.0 Å². The number of halogens is 2. The molecule has 36 heavy (non-hydrogen) atoms. The Morgan fingerprint density at radius 2 is 1.61 bits per heavy atom. The molecule has 0 amide bonds. The molecule has 0 bridgehead atoms. The van der Waals surface area contributed by atoms with E-state index in [4.69, 9.17) is 16.9 Å². The third-order valence-electron chi connectivity index (χ3n) is 6.30. The zero-order chi connectivity index (χ0) is 25.7. The Hall–Kier alpha value is -4.08. The number of nitriles is 1. The highest BCUT2D eigenvalue weighted by Gasteiger charge is 2.25. The SMILES string of the molecule is Cn1cc(C(CC(c2ccc(-c3ccc(CC#N)cc3)cc2)c2ccc(Cl)cc2F)N=O)ccc1=O. The molecule has 7 heteroatoms. The first-order valence-electron chi connectivity index (χ1n) is 11.4. The summed E-state index contributed by atoms with van der Waals surface area (Å²) in [6.45, 7) is 0. The average Bonchev–Trinajstić information content (AvgIpc) is 2.88. The van der Waals surface area contributed by atoms with Crippen LogP contribution in [0.15, 0.2) is 95.0 Å². The van der Waals surface area contributed by atoms with E-state index in [0.29, 0.717) is 17.5 Å². The zero-order valence-electron chi connectivity index (χ0n) is 19.6. The average molecular weight is 500 g/mol. The van der Waals surface area contributed by atoms with Gasteiger partial charge in [0.2, 0.25) is 5.56 Å². The van der Waals surface area contributed by atoms with Crippen LogP contribution >= 0.6 is 11.6 Å². The molecule has 0 radical (unpaired) electrons.